The molecule has 0 saturated carbocycles. The molecule has 0 bridgehead atoms. The molecular weight excluding hydrogens is 414 g/mol. The summed E-state index contributed by atoms with van der Waals surface area (Å²) in [4.78, 5) is 28.5. The van der Waals surface area contributed by atoms with Gasteiger partial charge < -0.3 is 15.2 Å². The number of halogens is 4. The van der Waals surface area contributed by atoms with Gasteiger partial charge in [0.05, 0.1) is 29.2 Å². The van der Waals surface area contributed by atoms with Crippen molar-refractivity contribution in [3.8, 4) is 0 Å². The number of nitrogens with one attached hydrogen (secondary N) is 2. The van der Waals surface area contributed by atoms with Gasteiger partial charge in [-0.25, -0.2) is 4.39 Å². The number of aromatic nitrogens is 1. The molecule has 2 N–H and O–H groups in total. The summed E-state index contributed by atoms with van der Waals surface area (Å²) in [6.45, 7) is 1.84. The van der Waals surface area contributed by atoms with Gasteiger partial charge in [0.25, 0.3) is 5.56 Å². The Morgan fingerprint density at radius 2 is 2.00 bits per heavy atom. The lowest BCUT2D eigenvalue weighted by Gasteiger charge is -2.35. The average Bonchev–Trinajstić information content (AvgIpc) is 2.72. The summed E-state index contributed by atoms with van der Waals surface area (Å²) in [5.41, 5.74) is 0.221. The lowest BCUT2D eigenvalue weighted by Crippen LogP contribution is -2.41. The van der Waals surface area contributed by atoms with Crippen molar-refractivity contribution in [2.24, 2.45) is 0 Å². The van der Waals surface area contributed by atoms with Gasteiger partial charge in [-0.2, -0.15) is 13.2 Å². The van der Waals surface area contributed by atoms with Gasteiger partial charge in [0.15, 0.2) is 0 Å². The Labute approximate surface area is 174 Å². The number of fused-ring (bicyclic) bond motifs is 2. The maximum absolute atomic E-state index is 14.4. The second kappa shape index (κ2) is 7.72. The van der Waals surface area contributed by atoms with Gasteiger partial charge in [0.2, 0.25) is 5.91 Å². The summed E-state index contributed by atoms with van der Waals surface area (Å²) in [7, 11) is 0. The van der Waals surface area contributed by atoms with Crippen LogP contribution in [0.3, 0.4) is 0 Å². The second-order valence-electron chi connectivity index (χ2n) is 7.50. The normalized spacial score (nSPS) is 16.3. The molecule has 2 heterocycles. The molecule has 1 aliphatic heterocycles. The highest BCUT2D eigenvalue weighted by Gasteiger charge is 2.33. The Bertz CT molecular complexity index is 1220. The zero-order chi connectivity index (χ0) is 22.3. The van der Waals surface area contributed by atoms with Crippen molar-refractivity contribution in [2.45, 2.75) is 25.6 Å². The van der Waals surface area contributed by atoms with Crippen LogP contribution in [0.5, 0.6) is 0 Å². The standard InChI is InChI=1S/C22H19F4N3O2/c1-12-16-3-2-15(22(24,25)26)8-14(16)5-7-29(12)20(30)11-28-19-9-13-4-6-27-21(31)17(13)10-18(19)23/h2-4,6,8-10,12,28H,5,7,11H2,1H3,(H,27,31)/t12-/m1/s1. The number of benzene rings is 2. The van der Waals surface area contributed by atoms with E-state index in [0.29, 0.717) is 22.9 Å². The first-order valence-corrected chi connectivity index (χ1v) is 9.69. The third kappa shape index (κ3) is 3.99. The monoisotopic (exact) mass is 433 g/mol. The largest absolute Gasteiger partial charge is 0.416 e. The highest BCUT2D eigenvalue weighted by molar-refractivity contribution is 5.87. The van der Waals surface area contributed by atoms with E-state index in [0.717, 1.165) is 18.2 Å². The van der Waals surface area contributed by atoms with Crippen LogP contribution >= 0.6 is 0 Å². The van der Waals surface area contributed by atoms with Gasteiger partial charge in [0.1, 0.15) is 5.82 Å². The molecule has 0 spiro atoms. The first kappa shape index (κ1) is 20.9. The van der Waals surface area contributed by atoms with Crippen LogP contribution < -0.4 is 10.9 Å². The van der Waals surface area contributed by atoms with Crippen LogP contribution in [0, 0.1) is 5.82 Å². The Balaban J connectivity index is 1.49. The van der Waals surface area contributed by atoms with Crippen LogP contribution in [0.1, 0.15) is 29.7 Å². The Morgan fingerprint density at radius 1 is 1.23 bits per heavy atom. The maximum Gasteiger partial charge on any atom is 0.416 e. The van der Waals surface area contributed by atoms with Crippen molar-refractivity contribution in [1.82, 2.24) is 9.88 Å². The van der Waals surface area contributed by atoms with E-state index >= 15 is 0 Å². The zero-order valence-corrected chi connectivity index (χ0v) is 16.5. The summed E-state index contributed by atoms with van der Waals surface area (Å²) in [6, 6.07) is 7.37. The third-order valence-electron chi connectivity index (χ3n) is 5.62. The number of pyridine rings is 1. The molecule has 1 atom stereocenters. The number of rotatable bonds is 3. The Kier molecular flexibility index (Phi) is 5.20. The van der Waals surface area contributed by atoms with E-state index in [2.05, 4.69) is 10.3 Å². The van der Waals surface area contributed by atoms with E-state index in [1.54, 1.807) is 17.9 Å². The number of H-pyrrole nitrogens is 1. The van der Waals surface area contributed by atoms with Crippen LogP contribution in [-0.2, 0) is 17.4 Å². The molecule has 0 saturated heterocycles. The van der Waals surface area contributed by atoms with Crippen LogP contribution in [0.4, 0.5) is 23.2 Å². The van der Waals surface area contributed by atoms with Gasteiger partial charge in [-0.15, -0.1) is 0 Å². The minimum atomic E-state index is -4.41. The number of aromatic amines is 1. The van der Waals surface area contributed by atoms with Crippen LogP contribution in [0.2, 0.25) is 0 Å². The highest BCUT2D eigenvalue weighted by Crippen LogP contribution is 2.35. The number of anilines is 1. The summed E-state index contributed by atoms with van der Waals surface area (Å²) < 4.78 is 53.2. The van der Waals surface area contributed by atoms with Crippen molar-refractivity contribution < 1.29 is 22.4 Å². The minimum Gasteiger partial charge on any atom is -0.374 e. The number of alkyl halides is 3. The number of nitrogens with zero attached hydrogens (tertiary/aromatic N) is 1. The molecule has 9 heteroatoms. The molecule has 4 rings (SSSR count). The van der Waals surface area contributed by atoms with Gasteiger partial charge in [-0.3, -0.25) is 9.59 Å². The van der Waals surface area contributed by atoms with Crippen molar-refractivity contribution in [1.29, 1.82) is 0 Å². The molecule has 5 nitrogen and oxygen atoms in total. The molecule has 0 fully saturated rings. The van der Waals surface area contributed by atoms with E-state index in [1.165, 1.54) is 18.3 Å². The van der Waals surface area contributed by atoms with E-state index in [1.807, 2.05) is 0 Å². The molecule has 3 aromatic rings. The predicted octanol–water partition coefficient (Wildman–Crippen LogP) is 4.24. The second-order valence-corrected chi connectivity index (χ2v) is 7.50. The Hall–Kier alpha value is -3.36. The third-order valence-corrected chi connectivity index (χ3v) is 5.62. The molecule has 2 aromatic carbocycles. The smallest absolute Gasteiger partial charge is 0.374 e. The fourth-order valence-electron chi connectivity index (χ4n) is 3.97. The summed E-state index contributed by atoms with van der Waals surface area (Å²) >= 11 is 0. The Morgan fingerprint density at radius 3 is 2.74 bits per heavy atom. The first-order chi connectivity index (χ1) is 14.6. The quantitative estimate of drug-likeness (QED) is 0.608. The van der Waals surface area contributed by atoms with Gasteiger partial charge in [-0.05, 0) is 60.2 Å². The van der Waals surface area contributed by atoms with E-state index in [9.17, 15) is 27.2 Å². The van der Waals surface area contributed by atoms with Crippen LogP contribution in [-0.4, -0.2) is 28.9 Å². The van der Waals surface area contributed by atoms with Gasteiger partial charge in [0, 0.05) is 12.7 Å². The summed E-state index contributed by atoms with van der Waals surface area (Å²) in [5.74, 6) is -0.961. The van der Waals surface area contributed by atoms with Crippen LogP contribution in [0.25, 0.3) is 10.8 Å². The molecule has 0 radical (unpaired) electrons. The number of carbonyl (C=O) groups excluding carboxylic acids is 1. The number of hydrogen-bond acceptors (Lipinski definition) is 3. The molecule has 31 heavy (non-hydrogen) atoms. The molecular formula is C22H19F4N3O2. The molecule has 0 unspecified atom stereocenters. The van der Waals surface area contributed by atoms with Gasteiger partial charge in [-0.1, -0.05) is 6.07 Å². The van der Waals surface area contributed by atoms with E-state index < -0.39 is 29.2 Å². The van der Waals surface area contributed by atoms with E-state index in [-0.39, 0.29) is 30.1 Å². The fraction of sp³-hybridized carbons (Fsp3) is 0.273. The lowest BCUT2D eigenvalue weighted by molar-refractivity contribution is -0.138. The molecule has 1 amide bonds. The fourth-order valence-corrected chi connectivity index (χ4v) is 3.97. The minimum absolute atomic E-state index is 0.0892. The average molecular weight is 433 g/mol. The molecule has 1 aliphatic rings. The molecule has 1 aromatic heterocycles. The zero-order valence-electron chi connectivity index (χ0n) is 16.5. The predicted molar refractivity (Wildman–Crippen MR) is 108 cm³/mol. The summed E-state index contributed by atoms with van der Waals surface area (Å²) in [6.07, 6.45) is -2.65. The van der Waals surface area contributed by atoms with Crippen LogP contribution in [0.15, 0.2) is 47.4 Å². The van der Waals surface area contributed by atoms with Gasteiger partial charge >= 0.3 is 6.18 Å². The van der Waals surface area contributed by atoms with Crippen molar-refractivity contribution >= 4 is 22.4 Å². The number of amides is 1. The van der Waals surface area contributed by atoms with E-state index in [4.69, 9.17) is 0 Å². The number of carbonyl (C=O) groups is 1. The molecule has 162 valence electrons. The van der Waals surface area contributed by atoms with Crippen molar-refractivity contribution in [2.75, 3.05) is 18.4 Å². The first-order valence-electron chi connectivity index (χ1n) is 9.69. The van der Waals surface area contributed by atoms with Crippen molar-refractivity contribution in [3.63, 3.8) is 0 Å². The number of hydrogen-bond donors (Lipinski definition) is 2. The topological polar surface area (TPSA) is 65.2 Å². The SMILES string of the molecule is C[C@@H]1c2ccc(C(F)(F)F)cc2CCN1C(=O)CNc1cc2cc[nH]c(=O)c2cc1F. The highest BCUT2D eigenvalue weighted by atomic mass is 19.4. The molecule has 0 aliphatic carbocycles. The van der Waals surface area contributed by atoms with Crippen molar-refractivity contribution in [3.05, 3.63) is 75.5 Å². The summed E-state index contributed by atoms with van der Waals surface area (Å²) in [5, 5.41) is 3.50. The maximum atomic E-state index is 14.4. The lowest BCUT2D eigenvalue weighted by atomic mass is 9.91.